The van der Waals surface area contributed by atoms with Crippen molar-refractivity contribution < 1.29 is 19.0 Å². The molecule has 1 aromatic carbocycles. The third-order valence-corrected chi connectivity index (χ3v) is 4.94. The molecule has 0 saturated heterocycles. The molecule has 6 heteroatoms. The van der Waals surface area contributed by atoms with Gasteiger partial charge in [-0.3, -0.25) is 4.79 Å². The fourth-order valence-corrected chi connectivity index (χ4v) is 3.64. The number of carbonyl (C=O) groups is 1. The number of carbonyl (C=O) groups excluding carboxylic acids is 1. The molecule has 0 aliphatic carbocycles. The second kappa shape index (κ2) is 7.18. The van der Waals surface area contributed by atoms with Crippen molar-refractivity contribution in [1.82, 2.24) is 9.47 Å². The van der Waals surface area contributed by atoms with Crippen LogP contribution in [0.3, 0.4) is 0 Å². The van der Waals surface area contributed by atoms with Gasteiger partial charge in [0.15, 0.2) is 11.5 Å². The normalized spacial score (nSPS) is 16.7. The SMILES string of the molecule is COc1cc([C@@H]2c3cccn3CCN2C(=O)C(C)(C)C)cc(OC)c1OC. The summed E-state index contributed by atoms with van der Waals surface area (Å²) in [7, 11) is 4.78. The number of nitrogens with zero attached hydrogens (tertiary/aromatic N) is 2. The quantitative estimate of drug-likeness (QED) is 0.824. The maximum Gasteiger partial charge on any atom is 0.228 e. The van der Waals surface area contributed by atoms with Gasteiger partial charge in [-0.05, 0) is 29.8 Å². The Bertz CT molecular complexity index is 810. The molecule has 27 heavy (non-hydrogen) atoms. The fourth-order valence-electron chi connectivity index (χ4n) is 3.64. The van der Waals surface area contributed by atoms with Gasteiger partial charge in [0.05, 0.1) is 27.4 Å². The Morgan fingerprint density at radius 2 is 1.67 bits per heavy atom. The summed E-state index contributed by atoms with van der Waals surface area (Å²) in [5.41, 5.74) is 1.54. The second-order valence-corrected chi connectivity index (χ2v) is 7.74. The van der Waals surface area contributed by atoms with Gasteiger partial charge >= 0.3 is 0 Å². The van der Waals surface area contributed by atoms with Gasteiger partial charge in [0, 0.05) is 30.4 Å². The lowest BCUT2D eigenvalue weighted by Crippen LogP contribution is -2.47. The maximum absolute atomic E-state index is 13.2. The molecule has 1 aromatic heterocycles. The Labute approximate surface area is 160 Å². The first kappa shape index (κ1) is 19.1. The van der Waals surface area contributed by atoms with Crippen LogP contribution in [0.15, 0.2) is 30.5 Å². The van der Waals surface area contributed by atoms with Gasteiger partial charge in [-0.1, -0.05) is 20.8 Å². The van der Waals surface area contributed by atoms with E-state index in [1.54, 1.807) is 21.3 Å². The first-order chi connectivity index (χ1) is 12.8. The van der Waals surface area contributed by atoms with Crippen molar-refractivity contribution in [2.45, 2.75) is 33.4 Å². The molecule has 2 aromatic rings. The minimum absolute atomic E-state index is 0.119. The summed E-state index contributed by atoms with van der Waals surface area (Å²) in [4.78, 5) is 15.2. The highest BCUT2D eigenvalue weighted by Crippen LogP contribution is 2.43. The van der Waals surface area contributed by atoms with Crippen LogP contribution < -0.4 is 14.2 Å². The number of hydrogen-bond acceptors (Lipinski definition) is 4. The number of rotatable bonds is 4. The van der Waals surface area contributed by atoms with Gasteiger partial charge in [-0.15, -0.1) is 0 Å². The minimum atomic E-state index is -0.465. The zero-order chi connectivity index (χ0) is 19.8. The fraction of sp³-hybridized carbons (Fsp3) is 0.476. The van der Waals surface area contributed by atoms with E-state index >= 15 is 0 Å². The van der Waals surface area contributed by atoms with E-state index in [0.717, 1.165) is 17.8 Å². The lowest BCUT2D eigenvalue weighted by Gasteiger charge is -2.40. The zero-order valence-electron chi connectivity index (χ0n) is 16.9. The highest BCUT2D eigenvalue weighted by molar-refractivity contribution is 5.82. The van der Waals surface area contributed by atoms with Crippen molar-refractivity contribution in [1.29, 1.82) is 0 Å². The van der Waals surface area contributed by atoms with Crippen LogP contribution in [-0.2, 0) is 11.3 Å². The molecule has 6 nitrogen and oxygen atoms in total. The molecule has 0 unspecified atom stereocenters. The second-order valence-electron chi connectivity index (χ2n) is 7.74. The Hall–Kier alpha value is -2.63. The molecule has 146 valence electrons. The van der Waals surface area contributed by atoms with Crippen molar-refractivity contribution >= 4 is 5.91 Å². The number of hydrogen-bond donors (Lipinski definition) is 0. The van der Waals surface area contributed by atoms with Gasteiger partial charge in [-0.2, -0.15) is 0 Å². The number of ether oxygens (including phenoxy) is 3. The highest BCUT2D eigenvalue weighted by atomic mass is 16.5. The van der Waals surface area contributed by atoms with E-state index in [2.05, 4.69) is 16.8 Å². The molecule has 3 rings (SSSR count). The molecule has 1 aliphatic rings. The van der Waals surface area contributed by atoms with E-state index in [-0.39, 0.29) is 11.9 Å². The Morgan fingerprint density at radius 3 is 2.19 bits per heavy atom. The monoisotopic (exact) mass is 372 g/mol. The predicted octanol–water partition coefficient (Wildman–Crippen LogP) is 3.49. The minimum Gasteiger partial charge on any atom is -0.493 e. The average molecular weight is 372 g/mol. The number of aromatic nitrogens is 1. The average Bonchev–Trinajstić information content (AvgIpc) is 3.13. The first-order valence-corrected chi connectivity index (χ1v) is 9.07. The molecule has 0 saturated carbocycles. The van der Waals surface area contributed by atoms with Gasteiger partial charge in [0.1, 0.15) is 0 Å². The molecule has 0 spiro atoms. The van der Waals surface area contributed by atoms with Gasteiger partial charge in [0.2, 0.25) is 11.7 Å². The topological polar surface area (TPSA) is 52.9 Å². The lowest BCUT2D eigenvalue weighted by atomic mass is 9.91. The van der Waals surface area contributed by atoms with Crippen LogP contribution in [0.25, 0.3) is 0 Å². The predicted molar refractivity (Wildman–Crippen MR) is 104 cm³/mol. The largest absolute Gasteiger partial charge is 0.493 e. The van der Waals surface area contributed by atoms with Crippen LogP contribution in [0.5, 0.6) is 17.2 Å². The van der Waals surface area contributed by atoms with Crippen molar-refractivity contribution in [3.63, 3.8) is 0 Å². The molecule has 1 amide bonds. The van der Waals surface area contributed by atoms with Crippen LogP contribution >= 0.6 is 0 Å². The number of methoxy groups -OCH3 is 3. The maximum atomic E-state index is 13.2. The molecule has 2 heterocycles. The molecule has 1 aliphatic heterocycles. The summed E-state index contributed by atoms with van der Waals surface area (Å²) in [6, 6.07) is 7.73. The number of amides is 1. The van der Waals surface area contributed by atoms with Crippen LogP contribution in [-0.4, -0.2) is 43.2 Å². The first-order valence-electron chi connectivity index (χ1n) is 9.07. The van der Waals surface area contributed by atoms with Crippen LogP contribution in [0.2, 0.25) is 0 Å². The Balaban J connectivity index is 2.17. The number of fused-ring (bicyclic) bond motifs is 1. The van der Waals surface area contributed by atoms with Crippen molar-refractivity contribution in [3.8, 4) is 17.2 Å². The van der Waals surface area contributed by atoms with Crippen LogP contribution in [0, 0.1) is 5.41 Å². The number of benzene rings is 1. The highest BCUT2D eigenvalue weighted by Gasteiger charge is 2.37. The van der Waals surface area contributed by atoms with Gasteiger partial charge in [-0.25, -0.2) is 0 Å². The van der Waals surface area contributed by atoms with Crippen molar-refractivity contribution in [2.24, 2.45) is 5.41 Å². The smallest absolute Gasteiger partial charge is 0.228 e. The molecular formula is C21H28N2O4. The van der Waals surface area contributed by atoms with Crippen molar-refractivity contribution in [2.75, 3.05) is 27.9 Å². The summed E-state index contributed by atoms with van der Waals surface area (Å²) in [5.74, 6) is 1.83. The molecule has 0 bridgehead atoms. The third-order valence-electron chi connectivity index (χ3n) is 4.94. The van der Waals surface area contributed by atoms with Crippen molar-refractivity contribution in [3.05, 3.63) is 41.7 Å². The molecule has 1 atom stereocenters. The summed E-state index contributed by atoms with van der Waals surface area (Å²) >= 11 is 0. The summed E-state index contributed by atoms with van der Waals surface area (Å²) in [6.45, 7) is 7.30. The van der Waals surface area contributed by atoms with Gasteiger partial charge in [0.25, 0.3) is 0 Å². The van der Waals surface area contributed by atoms with Crippen LogP contribution in [0.4, 0.5) is 0 Å². The van der Waals surface area contributed by atoms with E-state index in [0.29, 0.717) is 23.8 Å². The van der Waals surface area contributed by atoms with E-state index < -0.39 is 5.41 Å². The standard InChI is InChI=1S/C21H28N2O4/c1-21(2,3)20(24)23-11-10-22-9-7-8-15(22)18(23)14-12-16(25-4)19(27-6)17(13-14)26-5/h7-9,12-13,18H,10-11H2,1-6H3/t18-/m1/s1. The molecule has 0 N–H and O–H groups in total. The van der Waals surface area contributed by atoms with E-state index in [4.69, 9.17) is 14.2 Å². The van der Waals surface area contributed by atoms with E-state index in [1.165, 1.54) is 0 Å². The zero-order valence-corrected chi connectivity index (χ0v) is 16.9. The summed E-state index contributed by atoms with van der Waals surface area (Å²) < 4.78 is 18.7. The summed E-state index contributed by atoms with van der Waals surface area (Å²) in [5, 5.41) is 0. The lowest BCUT2D eigenvalue weighted by molar-refractivity contribution is -0.142. The Morgan fingerprint density at radius 1 is 1.04 bits per heavy atom. The molecular weight excluding hydrogens is 344 g/mol. The van der Waals surface area contributed by atoms with E-state index in [9.17, 15) is 4.79 Å². The van der Waals surface area contributed by atoms with E-state index in [1.807, 2.05) is 43.9 Å². The third kappa shape index (κ3) is 3.36. The van der Waals surface area contributed by atoms with Crippen LogP contribution in [0.1, 0.15) is 38.1 Å². The Kier molecular flexibility index (Phi) is 5.09. The molecule has 0 fully saturated rings. The summed E-state index contributed by atoms with van der Waals surface area (Å²) in [6.07, 6.45) is 2.05. The van der Waals surface area contributed by atoms with Gasteiger partial charge < -0.3 is 23.7 Å². The molecule has 0 radical (unpaired) electrons.